The van der Waals surface area contributed by atoms with Gasteiger partial charge in [0, 0.05) is 24.5 Å². The molecule has 1 aliphatic heterocycles. The highest BCUT2D eigenvalue weighted by Gasteiger charge is 2.14. The van der Waals surface area contributed by atoms with Crippen LogP contribution in [0.2, 0.25) is 0 Å². The fraction of sp³-hybridized carbons (Fsp3) is 0.381. The Morgan fingerprint density at radius 2 is 1.81 bits per heavy atom. The molecule has 1 amide bonds. The summed E-state index contributed by atoms with van der Waals surface area (Å²) in [6.45, 7) is 1.67. The van der Waals surface area contributed by atoms with Crippen LogP contribution in [0.5, 0.6) is 11.5 Å². The average Bonchev–Trinajstić information content (AvgIpc) is 3.21. The minimum atomic E-state index is -0.0812. The van der Waals surface area contributed by atoms with Crippen LogP contribution in [0.3, 0.4) is 0 Å². The zero-order valence-corrected chi connectivity index (χ0v) is 15.8. The number of hydrogen-bond donors (Lipinski definition) is 2. The van der Waals surface area contributed by atoms with Crippen molar-refractivity contribution in [2.45, 2.75) is 25.4 Å². The maximum atomic E-state index is 12.3. The number of ether oxygens (including phenoxy) is 3. The molecule has 0 saturated carbocycles. The number of nitrogens with one attached hydrogen (secondary N) is 2. The molecule has 1 aliphatic rings. The van der Waals surface area contributed by atoms with Crippen LogP contribution in [0.25, 0.3) is 0 Å². The number of anilines is 2. The third-order valence-corrected chi connectivity index (χ3v) is 4.54. The summed E-state index contributed by atoms with van der Waals surface area (Å²) < 4.78 is 16.1. The van der Waals surface area contributed by atoms with Gasteiger partial charge in [-0.05, 0) is 54.8 Å². The van der Waals surface area contributed by atoms with Crippen LogP contribution < -0.4 is 20.1 Å². The molecule has 2 N–H and O–H groups in total. The van der Waals surface area contributed by atoms with E-state index in [1.807, 2.05) is 36.4 Å². The minimum Gasteiger partial charge on any atom is -0.493 e. The monoisotopic (exact) mass is 370 g/mol. The van der Waals surface area contributed by atoms with E-state index in [2.05, 4.69) is 10.6 Å². The van der Waals surface area contributed by atoms with Crippen molar-refractivity contribution in [1.29, 1.82) is 0 Å². The smallest absolute Gasteiger partial charge is 0.228 e. The Morgan fingerprint density at radius 1 is 1.07 bits per heavy atom. The molecule has 27 heavy (non-hydrogen) atoms. The van der Waals surface area contributed by atoms with Gasteiger partial charge in [0.1, 0.15) is 0 Å². The topological polar surface area (TPSA) is 68.8 Å². The number of amides is 1. The molecule has 1 saturated heterocycles. The number of hydrogen-bond acceptors (Lipinski definition) is 5. The fourth-order valence-electron chi connectivity index (χ4n) is 3.09. The minimum absolute atomic E-state index is 0.0812. The molecule has 2 aromatic rings. The number of carbonyl (C=O) groups excluding carboxylic acids is 1. The van der Waals surface area contributed by atoms with Crippen LogP contribution in [0, 0.1) is 0 Å². The molecule has 0 aromatic heterocycles. The lowest BCUT2D eigenvalue weighted by molar-refractivity contribution is -0.115. The molecular weight excluding hydrogens is 344 g/mol. The lowest BCUT2D eigenvalue weighted by atomic mass is 10.1. The van der Waals surface area contributed by atoms with E-state index in [4.69, 9.17) is 14.2 Å². The Balaban J connectivity index is 1.51. The van der Waals surface area contributed by atoms with E-state index in [1.54, 1.807) is 20.3 Å². The second-order valence-corrected chi connectivity index (χ2v) is 6.51. The zero-order valence-electron chi connectivity index (χ0n) is 15.8. The fourth-order valence-corrected chi connectivity index (χ4v) is 3.09. The SMILES string of the molecule is COc1ccc(CC(=O)Nc2ccc(NCC3CCCO3)cc2)cc1OC. The standard InChI is InChI=1S/C21H26N2O4/c1-25-19-10-5-15(12-20(19)26-2)13-21(24)23-17-8-6-16(7-9-17)22-14-18-4-3-11-27-18/h5-10,12,18,22H,3-4,11,13-14H2,1-2H3,(H,23,24). The molecule has 6 heteroatoms. The van der Waals surface area contributed by atoms with E-state index in [1.165, 1.54) is 0 Å². The highest BCUT2D eigenvalue weighted by Crippen LogP contribution is 2.27. The Kier molecular flexibility index (Phi) is 6.54. The molecule has 0 spiro atoms. The molecule has 144 valence electrons. The van der Waals surface area contributed by atoms with Gasteiger partial charge in [-0.15, -0.1) is 0 Å². The van der Waals surface area contributed by atoms with E-state index in [9.17, 15) is 4.79 Å². The zero-order chi connectivity index (χ0) is 19.1. The van der Waals surface area contributed by atoms with Gasteiger partial charge in [0.25, 0.3) is 0 Å². The summed E-state index contributed by atoms with van der Waals surface area (Å²) in [7, 11) is 3.17. The lowest BCUT2D eigenvalue weighted by Gasteiger charge is -2.13. The molecule has 1 heterocycles. The van der Waals surface area contributed by atoms with Gasteiger partial charge in [-0.2, -0.15) is 0 Å². The van der Waals surface area contributed by atoms with Crippen molar-refractivity contribution in [1.82, 2.24) is 0 Å². The first-order chi connectivity index (χ1) is 13.2. The highest BCUT2D eigenvalue weighted by atomic mass is 16.5. The molecule has 1 atom stereocenters. The maximum absolute atomic E-state index is 12.3. The molecular formula is C21H26N2O4. The van der Waals surface area contributed by atoms with Gasteiger partial charge in [-0.1, -0.05) is 6.07 Å². The molecule has 1 unspecified atom stereocenters. The van der Waals surface area contributed by atoms with Crippen molar-refractivity contribution in [3.05, 3.63) is 48.0 Å². The van der Waals surface area contributed by atoms with Crippen molar-refractivity contribution in [2.75, 3.05) is 38.0 Å². The second-order valence-electron chi connectivity index (χ2n) is 6.51. The van der Waals surface area contributed by atoms with Crippen molar-refractivity contribution in [3.63, 3.8) is 0 Å². The van der Waals surface area contributed by atoms with Crippen LogP contribution in [0.1, 0.15) is 18.4 Å². The van der Waals surface area contributed by atoms with Crippen molar-refractivity contribution < 1.29 is 19.0 Å². The van der Waals surface area contributed by atoms with E-state index >= 15 is 0 Å². The van der Waals surface area contributed by atoms with Crippen LogP contribution in [-0.4, -0.2) is 39.4 Å². The molecule has 2 aromatic carbocycles. The summed E-state index contributed by atoms with van der Waals surface area (Å²) >= 11 is 0. The van der Waals surface area contributed by atoms with Gasteiger partial charge in [-0.3, -0.25) is 4.79 Å². The summed E-state index contributed by atoms with van der Waals surface area (Å²) in [5, 5.41) is 6.28. The molecule has 3 rings (SSSR count). The van der Waals surface area contributed by atoms with Gasteiger partial charge in [0.15, 0.2) is 11.5 Å². The second kappa shape index (κ2) is 9.28. The molecule has 1 fully saturated rings. The Bertz CT molecular complexity index is 755. The third kappa shape index (κ3) is 5.37. The van der Waals surface area contributed by atoms with E-state index in [0.717, 1.165) is 42.9 Å². The van der Waals surface area contributed by atoms with Crippen molar-refractivity contribution in [3.8, 4) is 11.5 Å². The van der Waals surface area contributed by atoms with Crippen LogP contribution >= 0.6 is 0 Å². The predicted octanol–water partition coefficient (Wildman–Crippen LogP) is 3.48. The predicted molar refractivity (Wildman–Crippen MR) is 106 cm³/mol. The molecule has 0 bridgehead atoms. The Morgan fingerprint density at radius 3 is 2.48 bits per heavy atom. The number of carbonyl (C=O) groups is 1. The summed E-state index contributed by atoms with van der Waals surface area (Å²) in [4.78, 5) is 12.3. The van der Waals surface area contributed by atoms with E-state index < -0.39 is 0 Å². The largest absolute Gasteiger partial charge is 0.493 e. The summed E-state index contributed by atoms with van der Waals surface area (Å²) in [6.07, 6.45) is 2.81. The Labute approximate surface area is 159 Å². The van der Waals surface area contributed by atoms with E-state index in [-0.39, 0.29) is 12.3 Å². The first-order valence-electron chi connectivity index (χ1n) is 9.14. The van der Waals surface area contributed by atoms with Crippen molar-refractivity contribution in [2.24, 2.45) is 0 Å². The molecule has 0 aliphatic carbocycles. The van der Waals surface area contributed by atoms with Gasteiger partial charge >= 0.3 is 0 Å². The Hall–Kier alpha value is -2.73. The first-order valence-corrected chi connectivity index (χ1v) is 9.14. The maximum Gasteiger partial charge on any atom is 0.228 e. The highest BCUT2D eigenvalue weighted by molar-refractivity contribution is 5.92. The summed E-state index contributed by atoms with van der Waals surface area (Å²) in [5.74, 6) is 1.18. The van der Waals surface area contributed by atoms with Gasteiger partial charge in [0.05, 0.1) is 26.7 Å². The number of benzene rings is 2. The third-order valence-electron chi connectivity index (χ3n) is 4.54. The summed E-state index contributed by atoms with van der Waals surface area (Å²) in [6, 6.07) is 13.2. The van der Waals surface area contributed by atoms with Gasteiger partial charge < -0.3 is 24.8 Å². The van der Waals surface area contributed by atoms with E-state index in [0.29, 0.717) is 17.6 Å². The lowest BCUT2D eigenvalue weighted by Crippen LogP contribution is -2.18. The quantitative estimate of drug-likeness (QED) is 0.745. The average molecular weight is 370 g/mol. The molecule has 0 radical (unpaired) electrons. The number of methoxy groups -OCH3 is 2. The molecule has 6 nitrogen and oxygen atoms in total. The normalized spacial score (nSPS) is 16.0. The van der Waals surface area contributed by atoms with Gasteiger partial charge in [-0.25, -0.2) is 0 Å². The first kappa shape index (κ1) is 19.0. The number of rotatable bonds is 8. The van der Waals surface area contributed by atoms with Gasteiger partial charge in [0.2, 0.25) is 5.91 Å². The van der Waals surface area contributed by atoms with Crippen LogP contribution in [0.15, 0.2) is 42.5 Å². The van der Waals surface area contributed by atoms with Crippen LogP contribution in [-0.2, 0) is 16.0 Å². The summed E-state index contributed by atoms with van der Waals surface area (Å²) in [5.41, 5.74) is 2.64. The van der Waals surface area contributed by atoms with Crippen molar-refractivity contribution >= 4 is 17.3 Å². The van der Waals surface area contributed by atoms with Crippen LogP contribution in [0.4, 0.5) is 11.4 Å².